The van der Waals surface area contributed by atoms with Crippen LogP contribution in [-0.2, 0) is 6.42 Å². The molecule has 2 aromatic rings. The molecule has 0 aromatic heterocycles. The third-order valence-corrected chi connectivity index (χ3v) is 2.71. The molecule has 0 atom stereocenters. The van der Waals surface area contributed by atoms with Crippen molar-refractivity contribution >= 4 is 6.29 Å². The van der Waals surface area contributed by atoms with E-state index in [1.54, 1.807) is 0 Å². The first-order chi connectivity index (χ1) is 8.19. The average Bonchev–Trinajstić information content (AvgIpc) is 2.29. The maximum atomic E-state index is 13.1. The molecular formula is C15H13FO. The number of rotatable bonds is 3. The zero-order valence-electron chi connectivity index (χ0n) is 9.61. The Labute approximate surface area is 99.9 Å². The summed E-state index contributed by atoms with van der Waals surface area (Å²) in [6, 6.07) is 12.2. The van der Waals surface area contributed by atoms with E-state index in [-0.39, 0.29) is 5.82 Å². The van der Waals surface area contributed by atoms with Crippen molar-refractivity contribution in [3.63, 3.8) is 0 Å². The fourth-order valence-corrected chi connectivity index (χ4v) is 1.88. The van der Waals surface area contributed by atoms with Gasteiger partial charge in [-0.1, -0.05) is 29.8 Å². The lowest BCUT2D eigenvalue weighted by atomic mass is 9.99. The van der Waals surface area contributed by atoms with Gasteiger partial charge in [0.15, 0.2) is 0 Å². The summed E-state index contributed by atoms with van der Waals surface area (Å²) in [7, 11) is 0. The molecule has 0 fully saturated rings. The first-order valence-electron chi connectivity index (χ1n) is 5.48. The molecule has 0 N–H and O–H groups in total. The molecule has 2 rings (SSSR count). The van der Waals surface area contributed by atoms with Crippen LogP contribution < -0.4 is 0 Å². The Morgan fingerprint density at radius 2 is 2.00 bits per heavy atom. The highest BCUT2D eigenvalue weighted by molar-refractivity contribution is 5.77. The Morgan fingerprint density at radius 1 is 1.18 bits per heavy atom. The SMILES string of the molecule is Cc1cccc(Cc2cc(F)ccc2C=O)c1. The van der Waals surface area contributed by atoms with Crippen molar-refractivity contribution in [3.05, 3.63) is 70.5 Å². The number of aldehydes is 1. The van der Waals surface area contributed by atoms with Crippen LogP contribution in [0, 0.1) is 12.7 Å². The number of halogens is 1. The summed E-state index contributed by atoms with van der Waals surface area (Å²) in [4.78, 5) is 10.9. The van der Waals surface area contributed by atoms with Crippen LogP contribution in [0.1, 0.15) is 27.0 Å². The predicted octanol–water partition coefficient (Wildman–Crippen LogP) is 3.54. The summed E-state index contributed by atoms with van der Waals surface area (Å²) in [5.74, 6) is -0.307. The van der Waals surface area contributed by atoms with Gasteiger partial charge in [-0.15, -0.1) is 0 Å². The molecule has 0 saturated carbocycles. The topological polar surface area (TPSA) is 17.1 Å². The molecule has 0 unspecified atom stereocenters. The number of hydrogen-bond acceptors (Lipinski definition) is 1. The highest BCUT2D eigenvalue weighted by Gasteiger charge is 2.04. The lowest BCUT2D eigenvalue weighted by Crippen LogP contribution is -1.96. The summed E-state index contributed by atoms with van der Waals surface area (Å²) in [6.45, 7) is 2.01. The number of carbonyl (C=O) groups is 1. The highest BCUT2D eigenvalue weighted by Crippen LogP contribution is 2.15. The minimum Gasteiger partial charge on any atom is -0.298 e. The van der Waals surface area contributed by atoms with Gasteiger partial charge in [0.1, 0.15) is 12.1 Å². The van der Waals surface area contributed by atoms with Gasteiger partial charge in [0.2, 0.25) is 0 Å². The van der Waals surface area contributed by atoms with Crippen LogP contribution in [0.2, 0.25) is 0 Å². The summed E-state index contributed by atoms with van der Waals surface area (Å²) < 4.78 is 13.1. The van der Waals surface area contributed by atoms with Crippen LogP contribution in [0.5, 0.6) is 0 Å². The minimum absolute atomic E-state index is 0.307. The lowest BCUT2D eigenvalue weighted by molar-refractivity contribution is 0.112. The van der Waals surface area contributed by atoms with Gasteiger partial charge in [0.05, 0.1) is 0 Å². The van der Waals surface area contributed by atoms with E-state index in [2.05, 4.69) is 0 Å². The Hall–Kier alpha value is -1.96. The van der Waals surface area contributed by atoms with Crippen molar-refractivity contribution in [1.29, 1.82) is 0 Å². The maximum absolute atomic E-state index is 13.1. The molecule has 0 bridgehead atoms. The molecule has 1 nitrogen and oxygen atoms in total. The molecule has 2 heteroatoms. The molecule has 0 heterocycles. The molecule has 0 spiro atoms. The number of benzene rings is 2. The minimum atomic E-state index is -0.307. The average molecular weight is 228 g/mol. The van der Waals surface area contributed by atoms with Gasteiger partial charge in [0.25, 0.3) is 0 Å². The first kappa shape index (κ1) is 11.5. The van der Waals surface area contributed by atoms with E-state index in [9.17, 15) is 9.18 Å². The zero-order valence-corrected chi connectivity index (χ0v) is 9.61. The number of aryl methyl sites for hydroxylation is 1. The van der Waals surface area contributed by atoms with E-state index in [0.717, 1.165) is 23.0 Å². The second-order valence-corrected chi connectivity index (χ2v) is 4.13. The zero-order chi connectivity index (χ0) is 12.3. The molecule has 17 heavy (non-hydrogen) atoms. The fraction of sp³-hybridized carbons (Fsp3) is 0.133. The summed E-state index contributed by atoms with van der Waals surface area (Å²) in [6.07, 6.45) is 1.35. The van der Waals surface area contributed by atoms with E-state index < -0.39 is 0 Å². The Balaban J connectivity index is 2.35. The van der Waals surface area contributed by atoms with E-state index >= 15 is 0 Å². The molecule has 0 amide bonds. The van der Waals surface area contributed by atoms with E-state index in [4.69, 9.17) is 0 Å². The van der Waals surface area contributed by atoms with Crippen molar-refractivity contribution in [1.82, 2.24) is 0 Å². The molecular weight excluding hydrogens is 215 g/mol. The van der Waals surface area contributed by atoms with Crippen LogP contribution in [0.3, 0.4) is 0 Å². The monoisotopic (exact) mass is 228 g/mol. The van der Waals surface area contributed by atoms with Gasteiger partial charge in [0, 0.05) is 5.56 Å². The first-order valence-corrected chi connectivity index (χ1v) is 5.48. The van der Waals surface area contributed by atoms with Crippen LogP contribution in [0.4, 0.5) is 4.39 Å². The summed E-state index contributed by atoms with van der Waals surface area (Å²) in [5, 5.41) is 0. The number of carbonyl (C=O) groups excluding carboxylic acids is 1. The Morgan fingerprint density at radius 3 is 2.71 bits per heavy atom. The largest absolute Gasteiger partial charge is 0.298 e. The number of hydrogen-bond donors (Lipinski definition) is 0. The van der Waals surface area contributed by atoms with Gasteiger partial charge < -0.3 is 0 Å². The van der Waals surface area contributed by atoms with Crippen molar-refractivity contribution < 1.29 is 9.18 Å². The van der Waals surface area contributed by atoms with Gasteiger partial charge in [-0.3, -0.25) is 4.79 Å². The third kappa shape index (κ3) is 2.78. The van der Waals surface area contributed by atoms with Gasteiger partial charge in [-0.05, 0) is 42.7 Å². The summed E-state index contributed by atoms with van der Waals surface area (Å²) in [5.41, 5.74) is 3.52. The molecule has 0 radical (unpaired) electrons. The third-order valence-electron chi connectivity index (χ3n) is 2.71. The fourth-order valence-electron chi connectivity index (χ4n) is 1.88. The van der Waals surface area contributed by atoms with E-state index in [0.29, 0.717) is 12.0 Å². The van der Waals surface area contributed by atoms with E-state index in [1.807, 2.05) is 31.2 Å². The molecule has 0 aliphatic heterocycles. The van der Waals surface area contributed by atoms with Crippen LogP contribution in [0.25, 0.3) is 0 Å². The predicted molar refractivity (Wildman–Crippen MR) is 65.8 cm³/mol. The highest BCUT2D eigenvalue weighted by atomic mass is 19.1. The quantitative estimate of drug-likeness (QED) is 0.734. The Kier molecular flexibility index (Phi) is 3.33. The molecule has 0 aliphatic carbocycles. The van der Waals surface area contributed by atoms with Gasteiger partial charge in [-0.25, -0.2) is 4.39 Å². The van der Waals surface area contributed by atoms with Crippen LogP contribution in [0.15, 0.2) is 42.5 Å². The second kappa shape index (κ2) is 4.91. The molecule has 2 aromatic carbocycles. The Bertz CT molecular complexity index is 546. The standard InChI is InChI=1S/C15H13FO/c1-11-3-2-4-12(7-11)8-14-9-15(16)6-5-13(14)10-17/h2-7,9-10H,8H2,1H3. The lowest BCUT2D eigenvalue weighted by Gasteiger charge is -2.06. The normalized spacial score (nSPS) is 10.2. The van der Waals surface area contributed by atoms with Gasteiger partial charge in [-0.2, -0.15) is 0 Å². The smallest absolute Gasteiger partial charge is 0.150 e. The van der Waals surface area contributed by atoms with Crippen LogP contribution in [-0.4, -0.2) is 6.29 Å². The van der Waals surface area contributed by atoms with Crippen molar-refractivity contribution in [2.45, 2.75) is 13.3 Å². The molecule has 0 saturated heterocycles. The molecule has 0 aliphatic rings. The van der Waals surface area contributed by atoms with Crippen molar-refractivity contribution in [2.24, 2.45) is 0 Å². The maximum Gasteiger partial charge on any atom is 0.150 e. The second-order valence-electron chi connectivity index (χ2n) is 4.13. The van der Waals surface area contributed by atoms with Crippen molar-refractivity contribution in [3.8, 4) is 0 Å². The van der Waals surface area contributed by atoms with E-state index in [1.165, 1.54) is 18.2 Å². The molecule has 86 valence electrons. The van der Waals surface area contributed by atoms with Crippen LogP contribution >= 0.6 is 0 Å². The van der Waals surface area contributed by atoms with Crippen molar-refractivity contribution in [2.75, 3.05) is 0 Å². The van der Waals surface area contributed by atoms with Gasteiger partial charge >= 0.3 is 0 Å². The summed E-state index contributed by atoms with van der Waals surface area (Å²) >= 11 is 0.